The molecule has 3 aromatic rings. The van der Waals surface area contributed by atoms with Crippen molar-refractivity contribution in [2.45, 2.75) is 65.6 Å². The number of nitrogens with zero attached hydrogens (tertiary/aromatic N) is 5. The normalized spacial score (nSPS) is 15.3. The number of imide groups is 1. The molecular weight excluding hydrogens is 716 g/mol. The smallest absolute Gasteiger partial charge is 0.442 e. The largest absolute Gasteiger partial charge is 0.530 e. The van der Waals surface area contributed by atoms with Crippen molar-refractivity contribution in [2.24, 2.45) is 7.05 Å². The third kappa shape index (κ3) is 10.1. The molecule has 3 heterocycles. The first kappa shape index (κ1) is 39.2. The number of hydrogen-bond acceptors (Lipinski definition) is 13. The fourth-order valence-corrected chi connectivity index (χ4v) is 6.82. The molecule has 2 aliphatic heterocycles. The summed E-state index contributed by atoms with van der Waals surface area (Å²) in [6, 6.07) is 9.88. The molecule has 3 amide bonds. The first-order valence-corrected chi connectivity index (χ1v) is 18.7. The van der Waals surface area contributed by atoms with Gasteiger partial charge in [0.1, 0.15) is 17.7 Å². The van der Waals surface area contributed by atoms with Crippen LogP contribution in [0.15, 0.2) is 48.7 Å². The number of hydrogen-bond donors (Lipinski definition) is 0. The predicted molar refractivity (Wildman–Crippen MR) is 188 cm³/mol. The Bertz CT molecular complexity index is 1800. The monoisotopic (exact) mass is 759 g/mol. The minimum absolute atomic E-state index is 0.0653. The summed E-state index contributed by atoms with van der Waals surface area (Å²) in [5.41, 5.74) is 2.55. The number of ether oxygens (including phenoxy) is 3. The lowest BCUT2D eigenvalue weighted by Crippen LogP contribution is -2.42. The van der Waals surface area contributed by atoms with Gasteiger partial charge in [-0.05, 0) is 55.3 Å². The van der Waals surface area contributed by atoms with Gasteiger partial charge in [-0.1, -0.05) is 26.7 Å². The summed E-state index contributed by atoms with van der Waals surface area (Å²) in [7, 11) is -2.06. The molecule has 1 aromatic heterocycles. The predicted octanol–water partition coefficient (Wildman–Crippen LogP) is 6.32. The number of anilines is 2. The number of phosphoric acid groups is 1. The second-order valence-corrected chi connectivity index (χ2v) is 14.0. The SMILES string of the molecule is CCCCOP(=O)(OCCCC)Oc1ccc(C(=O)OCOC(=O)N(C[C@H]2CN(c3ccc(N4Cc5cn(C)nc5C4)c(F)c3)C(=O)O2)C(C)=O)cc1. The Hall–Kier alpha value is -4.99. The van der Waals surface area contributed by atoms with Gasteiger partial charge in [-0.25, -0.2) is 28.2 Å². The molecule has 0 spiro atoms. The summed E-state index contributed by atoms with van der Waals surface area (Å²) in [4.78, 5) is 54.2. The molecule has 0 aliphatic carbocycles. The maximum atomic E-state index is 15.2. The fraction of sp³-hybridized carbons (Fsp3) is 0.457. The number of cyclic esters (lactones) is 1. The average Bonchev–Trinajstić information content (AvgIpc) is 3.79. The van der Waals surface area contributed by atoms with Crippen molar-refractivity contribution >= 4 is 43.3 Å². The molecule has 18 heteroatoms. The number of carbonyl (C=O) groups is 4. The first-order chi connectivity index (χ1) is 25.4. The topological polar surface area (TPSA) is 168 Å². The molecular formula is C35H43FN5O11P. The quantitative estimate of drug-likeness (QED) is 0.0649. The van der Waals surface area contributed by atoms with Gasteiger partial charge in [0.05, 0.1) is 55.5 Å². The third-order valence-electron chi connectivity index (χ3n) is 8.31. The highest BCUT2D eigenvalue weighted by atomic mass is 31.2. The molecule has 1 fully saturated rings. The van der Waals surface area contributed by atoms with Crippen LogP contribution < -0.4 is 14.3 Å². The standard InChI is InChI=1S/C35H43FN5O11P/c1-5-7-15-49-53(46,50-16-8-6-2)52-28-12-9-25(10-13-28)33(43)47-23-48-34(44)40(24(3)42)20-29-21-41(35(45)51-29)27-11-14-32(30(36)17-27)39-19-26-18-38(4)37-31(26)22-39/h9-14,17-18,29H,5-8,15-16,19-23H2,1-4H3/t29-/m0/s1. The highest BCUT2D eigenvalue weighted by Gasteiger charge is 2.37. The van der Waals surface area contributed by atoms with Crippen LogP contribution in [0.4, 0.5) is 25.4 Å². The number of phosphoric ester groups is 1. The molecule has 0 radical (unpaired) electrons. The number of carbonyl (C=O) groups excluding carboxylic acids is 4. The molecule has 1 saturated heterocycles. The van der Waals surface area contributed by atoms with Crippen LogP contribution in [0, 0.1) is 5.82 Å². The van der Waals surface area contributed by atoms with Gasteiger partial charge >= 0.3 is 26.0 Å². The van der Waals surface area contributed by atoms with E-state index >= 15 is 4.39 Å². The van der Waals surface area contributed by atoms with Gasteiger partial charge in [0, 0.05) is 32.3 Å². The van der Waals surface area contributed by atoms with Crippen LogP contribution in [0.5, 0.6) is 5.75 Å². The summed E-state index contributed by atoms with van der Waals surface area (Å²) in [5.74, 6) is -1.96. The number of halogens is 1. The number of aryl methyl sites for hydroxylation is 1. The van der Waals surface area contributed by atoms with Crippen molar-refractivity contribution in [1.29, 1.82) is 0 Å². The van der Waals surface area contributed by atoms with Gasteiger partial charge in [0.2, 0.25) is 12.7 Å². The molecule has 2 aliphatic rings. The van der Waals surface area contributed by atoms with Crippen LogP contribution >= 0.6 is 7.82 Å². The maximum absolute atomic E-state index is 15.2. The van der Waals surface area contributed by atoms with E-state index in [1.54, 1.807) is 16.8 Å². The summed E-state index contributed by atoms with van der Waals surface area (Å²) in [6.45, 7) is 5.12. The summed E-state index contributed by atoms with van der Waals surface area (Å²) >= 11 is 0. The van der Waals surface area contributed by atoms with Crippen LogP contribution in [0.25, 0.3) is 0 Å². The Morgan fingerprint density at radius 2 is 1.72 bits per heavy atom. The lowest BCUT2D eigenvalue weighted by atomic mass is 10.2. The third-order valence-corrected chi connectivity index (χ3v) is 9.74. The van der Waals surface area contributed by atoms with E-state index in [0.29, 0.717) is 36.5 Å². The van der Waals surface area contributed by atoms with E-state index in [9.17, 15) is 23.7 Å². The van der Waals surface area contributed by atoms with Crippen LogP contribution in [0.1, 0.15) is 68.1 Å². The lowest BCUT2D eigenvalue weighted by molar-refractivity contribution is -0.128. The van der Waals surface area contributed by atoms with E-state index in [2.05, 4.69) is 5.10 Å². The molecule has 2 aromatic carbocycles. The summed E-state index contributed by atoms with van der Waals surface area (Å²) in [5, 5.41) is 4.39. The highest BCUT2D eigenvalue weighted by molar-refractivity contribution is 7.48. The van der Waals surface area contributed by atoms with Gasteiger partial charge in [-0.3, -0.25) is 23.4 Å². The van der Waals surface area contributed by atoms with Crippen LogP contribution in [-0.4, -0.2) is 77.9 Å². The zero-order chi connectivity index (χ0) is 38.1. The van der Waals surface area contributed by atoms with Gasteiger partial charge in [-0.2, -0.15) is 5.10 Å². The van der Waals surface area contributed by atoms with Crippen molar-refractivity contribution < 1.29 is 55.9 Å². The minimum atomic E-state index is -3.89. The molecule has 0 bridgehead atoms. The fourth-order valence-electron chi connectivity index (χ4n) is 5.55. The minimum Gasteiger partial charge on any atom is -0.442 e. The Labute approximate surface area is 306 Å². The zero-order valence-corrected chi connectivity index (χ0v) is 30.9. The van der Waals surface area contributed by atoms with E-state index < -0.39 is 50.6 Å². The molecule has 0 unspecified atom stereocenters. The van der Waals surface area contributed by atoms with Crippen molar-refractivity contribution in [3.8, 4) is 5.75 Å². The second-order valence-electron chi connectivity index (χ2n) is 12.4. The maximum Gasteiger partial charge on any atom is 0.530 e. The zero-order valence-electron chi connectivity index (χ0n) is 30.0. The second kappa shape index (κ2) is 17.7. The van der Waals surface area contributed by atoms with Crippen molar-refractivity contribution in [3.05, 3.63) is 71.3 Å². The van der Waals surface area contributed by atoms with Gasteiger partial charge in [0.25, 0.3) is 0 Å². The molecule has 286 valence electrons. The Kier molecular flexibility index (Phi) is 13.1. The van der Waals surface area contributed by atoms with Crippen molar-refractivity contribution in [3.63, 3.8) is 0 Å². The van der Waals surface area contributed by atoms with Crippen LogP contribution in [0.2, 0.25) is 0 Å². The van der Waals surface area contributed by atoms with E-state index in [1.165, 1.54) is 35.2 Å². The number of esters is 1. The molecule has 0 N–H and O–H groups in total. The number of aromatic nitrogens is 2. The summed E-state index contributed by atoms with van der Waals surface area (Å²) < 4.78 is 61.8. The van der Waals surface area contributed by atoms with Gasteiger partial charge < -0.3 is 23.6 Å². The van der Waals surface area contributed by atoms with E-state index in [4.69, 9.17) is 27.8 Å². The number of rotatable bonds is 17. The summed E-state index contributed by atoms with van der Waals surface area (Å²) in [6.07, 6.45) is 2.02. The molecule has 53 heavy (non-hydrogen) atoms. The number of benzene rings is 2. The Morgan fingerprint density at radius 1 is 1.02 bits per heavy atom. The highest BCUT2D eigenvalue weighted by Crippen LogP contribution is 2.49. The number of unbranched alkanes of at least 4 members (excludes halogenated alkanes) is 2. The van der Waals surface area contributed by atoms with Crippen molar-refractivity contribution in [1.82, 2.24) is 14.7 Å². The molecule has 16 nitrogen and oxygen atoms in total. The van der Waals surface area contributed by atoms with E-state index in [-0.39, 0.29) is 43.3 Å². The molecule has 1 atom stereocenters. The number of amides is 3. The Morgan fingerprint density at radius 3 is 2.34 bits per heavy atom. The molecule has 5 rings (SSSR count). The van der Waals surface area contributed by atoms with Crippen LogP contribution in [-0.2, 0) is 52.8 Å². The Balaban J connectivity index is 1.10. The van der Waals surface area contributed by atoms with Gasteiger partial charge in [-0.15, -0.1) is 0 Å². The number of fused-ring (bicyclic) bond motifs is 1. The van der Waals surface area contributed by atoms with E-state index in [0.717, 1.165) is 31.0 Å². The van der Waals surface area contributed by atoms with Gasteiger partial charge in [0.15, 0.2) is 0 Å². The van der Waals surface area contributed by atoms with Crippen molar-refractivity contribution in [2.75, 3.05) is 42.9 Å². The molecule has 0 saturated carbocycles. The first-order valence-electron chi connectivity index (χ1n) is 17.2. The lowest BCUT2D eigenvalue weighted by Gasteiger charge is -2.21. The van der Waals surface area contributed by atoms with Crippen LogP contribution in [0.3, 0.4) is 0 Å². The van der Waals surface area contributed by atoms with E-state index in [1.807, 2.05) is 32.0 Å². The average molecular weight is 760 g/mol.